The molecule has 1 saturated heterocycles. The first-order chi connectivity index (χ1) is 12.4. The van der Waals surface area contributed by atoms with Crippen molar-refractivity contribution in [3.63, 3.8) is 0 Å². The van der Waals surface area contributed by atoms with Crippen LogP contribution in [0.4, 0.5) is 5.82 Å². The summed E-state index contributed by atoms with van der Waals surface area (Å²) in [4.78, 5) is 10.5. The normalized spacial score (nSPS) is 25.9. The van der Waals surface area contributed by atoms with Gasteiger partial charge in [-0.2, -0.15) is 4.31 Å². The molecule has 2 atom stereocenters. The largest absolute Gasteiger partial charge is 0.353 e. The Labute approximate surface area is 159 Å². The molecule has 0 unspecified atom stereocenters. The minimum atomic E-state index is -3.59. The molecule has 0 saturated carbocycles. The van der Waals surface area contributed by atoms with Gasteiger partial charge < -0.3 is 4.90 Å². The van der Waals surface area contributed by atoms with E-state index in [1.807, 2.05) is 20.9 Å². The molecule has 8 heteroatoms. The zero-order chi connectivity index (χ0) is 18.5. The van der Waals surface area contributed by atoms with E-state index in [9.17, 15) is 8.42 Å². The lowest BCUT2D eigenvalue weighted by atomic mass is 10.1. The SMILES string of the molecule is CC(C)N1[C@H]2CN(Cc3cccs3)C[C@H]2N(C)c2ncccc2S1(=O)=O. The van der Waals surface area contributed by atoms with Gasteiger partial charge in [-0.05, 0) is 37.4 Å². The van der Waals surface area contributed by atoms with Crippen molar-refractivity contribution in [2.24, 2.45) is 0 Å². The van der Waals surface area contributed by atoms with Crippen molar-refractivity contribution in [3.8, 4) is 0 Å². The lowest BCUT2D eigenvalue weighted by Gasteiger charge is -2.34. The molecule has 0 radical (unpaired) electrons. The fourth-order valence-corrected chi connectivity index (χ4v) is 6.96. The Balaban J connectivity index is 1.75. The van der Waals surface area contributed by atoms with Gasteiger partial charge in [-0.1, -0.05) is 6.07 Å². The van der Waals surface area contributed by atoms with Crippen molar-refractivity contribution in [1.82, 2.24) is 14.2 Å². The molecule has 0 spiro atoms. The number of anilines is 1. The Bertz CT molecular complexity index is 882. The van der Waals surface area contributed by atoms with Crippen LogP contribution < -0.4 is 4.90 Å². The van der Waals surface area contributed by atoms with E-state index in [0.29, 0.717) is 10.7 Å². The number of fused-ring (bicyclic) bond motifs is 2. The maximum atomic E-state index is 13.4. The summed E-state index contributed by atoms with van der Waals surface area (Å²) in [5, 5.41) is 2.08. The summed E-state index contributed by atoms with van der Waals surface area (Å²) < 4.78 is 28.5. The molecule has 140 valence electrons. The number of pyridine rings is 1. The standard InChI is InChI=1S/C18H24N4O2S2/c1-13(2)22-16-12-21(10-14-6-5-9-25-14)11-15(16)20(3)18-17(26(22,23)24)7-4-8-19-18/h4-9,13,15-16H,10-12H2,1-3H3/t15-,16+/m1/s1. The summed E-state index contributed by atoms with van der Waals surface area (Å²) >= 11 is 1.74. The summed E-state index contributed by atoms with van der Waals surface area (Å²) in [6, 6.07) is 7.47. The van der Waals surface area contributed by atoms with Gasteiger partial charge in [0.1, 0.15) is 10.7 Å². The Kier molecular flexibility index (Phi) is 4.54. The number of hydrogen-bond acceptors (Lipinski definition) is 6. The Morgan fingerprint density at radius 2 is 2.00 bits per heavy atom. The first-order valence-electron chi connectivity index (χ1n) is 8.85. The third kappa shape index (κ3) is 2.85. The summed E-state index contributed by atoms with van der Waals surface area (Å²) in [5.74, 6) is 0.559. The molecular weight excluding hydrogens is 368 g/mol. The maximum absolute atomic E-state index is 13.4. The number of likely N-dealkylation sites (N-methyl/N-ethyl adjacent to an activating group) is 1. The van der Waals surface area contributed by atoms with E-state index < -0.39 is 10.0 Å². The number of nitrogens with zero attached hydrogens (tertiary/aromatic N) is 4. The van der Waals surface area contributed by atoms with Crippen molar-refractivity contribution in [2.75, 3.05) is 25.0 Å². The highest BCUT2D eigenvalue weighted by atomic mass is 32.2. The van der Waals surface area contributed by atoms with E-state index >= 15 is 0 Å². The van der Waals surface area contributed by atoms with Gasteiger partial charge in [-0.25, -0.2) is 13.4 Å². The fourth-order valence-electron chi connectivity index (χ4n) is 4.19. The van der Waals surface area contributed by atoms with Gasteiger partial charge in [-0.3, -0.25) is 4.90 Å². The summed E-state index contributed by atoms with van der Waals surface area (Å²) in [7, 11) is -1.62. The molecule has 0 N–H and O–H groups in total. The average molecular weight is 393 g/mol. The maximum Gasteiger partial charge on any atom is 0.247 e. The van der Waals surface area contributed by atoms with Crippen LogP contribution in [0.25, 0.3) is 0 Å². The molecule has 2 aromatic heterocycles. The number of likely N-dealkylation sites (tertiary alicyclic amines) is 1. The van der Waals surface area contributed by atoms with E-state index in [1.54, 1.807) is 34.0 Å². The lowest BCUT2D eigenvalue weighted by molar-refractivity contribution is 0.250. The first kappa shape index (κ1) is 17.9. The lowest BCUT2D eigenvalue weighted by Crippen LogP contribution is -2.52. The molecule has 6 nitrogen and oxygen atoms in total. The Morgan fingerprint density at radius 1 is 1.23 bits per heavy atom. The van der Waals surface area contributed by atoms with Gasteiger partial charge >= 0.3 is 0 Å². The van der Waals surface area contributed by atoms with E-state index in [1.165, 1.54) is 4.88 Å². The van der Waals surface area contributed by atoms with Crippen LogP contribution in [0.2, 0.25) is 0 Å². The number of sulfonamides is 1. The topological polar surface area (TPSA) is 56.8 Å². The van der Waals surface area contributed by atoms with Gasteiger partial charge in [-0.15, -0.1) is 11.3 Å². The third-order valence-electron chi connectivity index (χ3n) is 5.27. The van der Waals surface area contributed by atoms with Crippen molar-refractivity contribution in [2.45, 2.75) is 43.4 Å². The van der Waals surface area contributed by atoms with Gasteiger partial charge in [0.15, 0.2) is 0 Å². The predicted octanol–water partition coefficient (Wildman–Crippen LogP) is 2.25. The molecule has 0 aliphatic carbocycles. The van der Waals surface area contributed by atoms with Crippen LogP contribution >= 0.6 is 11.3 Å². The second-order valence-corrected chi connectivity index (χ2v) is 10.1. The molecule has 2 aliphatic rings. The van der Waals surface area contributed by atoms with E-state index in [-0.39, 0.29) is 18.1 Å². The highest BCUT2D eigenvalue weighted by Gasteiger charge is 2.49. The number of hydrogen-bond donors (Lipinski definition) is 0. The first-order valence-corrected chi connectivity index (χ1v) is 11.2. The highest BCUT2D eigenvalue weighted by molar-refractivity contribution is 7.89. The van der Waals surface area contributed by atoms with Gasteiger partial charge in [0.2, 0.25) is 10.0 Å². The van der Waals surface area contributed by atoms with Crippen LogP contribution in [0.15, 0.2) is 40.7 Å². The zero-order valence-corrected chi connectivity index (χ0v) is 16.9. The molecule has 0 amide bonds. The van der Waals surface area contributed by atoms with Crippen LogP contribution in [0.3, 0.4) is 0 Å². The molecule has 2 aliphatic heterocycles. The van der Waals surface area contributed by atoms with Crippen LogP contribution in [0.5, 0.6) is 0 Å². The number of thiophene rings is 1. The second kappa shape index (κ2) is 6.60. The monoisotopic (exact) mass is 392 g/mol. The smallest absolute Gasteiger partial charge is 0.247 e. The van der Waals surface area contributed by atoms with E-state index in [2.05, 4.69) is 32.3 Å². The van der Waals surface area contributed by atoms with Crippen LogP contribution in [-0.4, -0.2) is 60.9 Å². The molecule has 0 aromatic carbocycles. The van der Waals surface area contributed by atoms with Crippen LogP contribution in [0.1, 0.15) is 18.7 Å². The summed E-state index contributed by atoms with van der Waals surface area (Å²) in [6.45, 7) is 6.33. The van der Waals surface area contributed by atoms with Crippen LogP contribution in [-0.2, 0) is 16.6 Å². The van der Waals surface area contributed by atoms with Crippen molar-refractivity contribution in [1.29, 1.82) is 0 Å². The van der Waals surface area contributed by atoms with Crippen molar-refractivity contribution in [3.05, 3.63) is 40.7 Å². The molecule has 4 heterocycles. The predicted molar refractivity (Wildman–Crippen MR) is 104 cm³/mol. The Morgan fingerprint density at radius 3 is 2.69 bits per heavy atom. The van der Waals surface area contributed by atoms with E-state index in [0.717, 1.165) is 19.6 Å². The van der Waals surface area contributed by atoms with Gasteiger partial charge in [0, 0.05) is 43.8 Å². The van der Waals surface area contributed by atoms with Crippen molar-refractivity contribution >= 4 is 27.2 Å². The second-order valence-electron chi connectivity index (χ2n) is 7.27. The number of rotatable bonds is 3. The summed E-state index contributed by atoms with van der Waals surface area (Å²) in [5.41, 5.74) is 0. The number of aromatic nitrogens is 1. The van der Waals surface area contributed by atoms with Crippen LogP contribution in [0, 0.1) is 0 Å². The molecule has 0 bridgehead atoms. The van der Waals surface area contributed by atoms with E-state index in [4.69, 9.17) is 0 Å². The minimum Gasteiger partial charge on any atom is -0.353 e. The fraction of sp³-hybridized carbons (Fsp3) is 0.500. The molecular formula is C18H24N4O2S2. The molecule has 1 fully saturated rings. The quantitative estimate of drug-likeness (QED) is 0.802. The average Bonchev–Trinajstić information content (AvgIpc) is 3.23. The zero-order valence-electron chi connectivity index (χ0n) is 15.2. The van der Waals surface area contributed by atoms with Gasteiger partial charge in [0.25, 0.3) is 0 Å². The summed E-state index contributed by atoms with van der Waals surface area (Å²) in [6.07, 6.45) is 1.67. The Hall–Kier alpha value is -1.48. The molecule has 26 heavy (non-hydrogen) atoms. The molecule has 4 rings (SSSR count). The van der Waals surface area contributed by atoms with Gasteiger partial charge in [0.05, 0.1) is 12.1 Å². The highest BCUT2D eigenvalue weighted by Crippen LogP contribution is 2.37. The van der Waals surface area contributed by atoms with Crippen molar-refractivity contribution < 1.29 is 8.42 Å². The third-order valence-corrected chi connectivity index (χ3v) is 8.25. The molecule has 2 aromatic rings. The minimum absolute atomic E-state index is 0.0841.